The van der Waals surface area contributed by atoms with E-state index in [2.05, 4.69) is 4.74 Å². The second-order valence-electron chi connectivity index (χ2n) is 2.86. The van der Waals surface area contributed by atoms with Crippen molar-refractivity contribution in [3.63, 3.8) is 0 Å². The first-order valence-corrected chi connectivity index (χ1v) is 5.81. The lowest BCUT2D eigenvalue weighted by Gasteiger charge is -2.08. The number of esters is 1. The first-order valence-electron chi connectivity index (χ1n) is 4.26. The van der Waals surface area contributed by atoms with Crippen LogP contribution >= 0.6 is 0 Å². The number of primary sulfonamides is 1. The van der Waals surface area contributed by atoms with Crippen LogP contribution in [0.25, 0.3) is 0 Å². The molecule has 2 N–H and O–H groups in total. The van der Waals surface area contributed by atoms with Crippen molar-refractivity contribution < 1.29 is 22.7 Å². The highest BCUT2D eigenvalue weighted by Gasteiger charge is 2.15. The predicted octanol–water partition coefficient (Wildman–Crippen LogP) is -0.114. The Bertz CT molecular complexity index is 482. The molecule has 1 aromatic rings. The second-order valence-corrected chi connectivity index (χ2v) is 4.39. The highest BCUT2D eigenvalue weighted by molar-refractivity contribution is 7.89. The maximum atomic E-state index is 11.1. The smallest absolute Gasteiger partial charge is 0.343 e. The van der Waals surface area contributed by atoms with Crippen molar-refractivity contribution in [2.24, 2.45) is 5.14 Å². The van der Waals surface area contributed by atoms with Gasteiger partial charge in [0.15, 0.2) is 6.61 Å². The number of sulfonamides is 1. The fourth-order valence-electron chi connectivity index (χ4n) is 1.00. The minimum atomic E-state index is -3.87. The fraction of sp³-hybridized carbons (Fsp3) is 0.222. The molecule has 0 unspecified atom stereocenters. The SMILES string of the molecule is COC(=O)COc1ccccc1S(N)(=O)=O. The number of para-hydroxylation sites is 1. The molecular weight excluding hydrogens is 234 g/mol. The average molecular weight is 245 g/mol. The van der Waals surface area contributed by atoms with E-state index in [-0.39, 0.29) is 17.3 Å². The Hall–Kier alpha value is -1.60. The van der Waals surface area contributed by atoms with Crippen molar-refractivity contribution in [3.05, 3.63) is 24.3 Å². The molecule has 0 radical (unpaired) electrons. The number of carbonyl (C=O) groups is 1. The van der Waals surface area contributed by atoms with Crippen LogP contribution in [0.15, 0.2) is 29.2 Å². The third-order valence-corrected chi connectivity index (χ3v) is 2.68. The summed E-state index contributed by atoms with van der Waals surface area (Å²) in [6.45, 7) is -0.372. The van der Waals surface area contributed by atoms with Gasteiger partial charge in [0.1, 0.15) is 10.6 Å². The van der Waals surface area contributed by atoms with E-state index in [1.54, 1.807) is 6.07 Å². The van der Waals surface area contributed by atoms with Gasteiger partial charge in [-0.05, 0) is 12.1 Å². The summed E-state index contributed by atoms with van der Waals surface area (Å²) in [5.41, 5.74) is 0. The Labute approximate surface area is 93.0 Å². The maximum absolute atomic E-state index is 11.1. The molecule has 0 amide bonds. The van der Waals surface area contributed by atoms with Gasteiger partial charge in [-0.2, -0.15) is 0 Å². The van der Waals surface area contributed by atoms with Crippen molar-refractivity contribution in [2.45, 2.75) is 4.90 Å². The molecule has 7 heteroatoms. The first kappa shape index (κ1) is 12.5. The summed E-state index contributed by atoms with van der Waals surface area (Å²) in [7, 11) is -2.66. The molecule has 0 saturated heterocycles. The van der Waals surface area contributed by atoms with E-state index < -0.39 is 16.0 Å². The summed E-state index contributed by atoms with van der Waals surface area (Å²) >= 11 is 0. The van der Waals surface area contributed by atoms with Crippen LogP contribution in [0.4, 0.5) is 0 Å². The van der Waals surface area contributed by atoms with E-state index in [4.69, 9.17) is 9.88 Å². The molecule has 16 heavy (non-hydrogen) atoms. The van der Waals surface area contributed by atoms with Crippen molar-refractivity contribution in [3.8, 4) is 5.75 Å². The van der Waals surface area contributed by atoms with Crippen LogP contribution in [0.1, 0.15) is 0 Å². The van der Waals surface area contributed by atoms with Crippen LogP contribution < -0.4 is 9.88 Å². The van der Waals surface area contributed by atoms with Gasteiger partial charge in [0.2, 0.25) is 10.0 Å². The van der Waals surface area contributed by atoms with Crippen LogP contribution in [0.2, 0.25) is 0 Å². The summed E-state index contributed by atoms with van der Waals surface area (Å²) in [6.07, 6.45) is 0. The molecule has 0 atom stereocenters. The van der Waals surface area contributed by atoms with Gasteiger partial charge in [-0.15, -0.1) is 0 Å². The lowest BCUT2D eigenvalue weighted by molar-refractivity contribution is -0.142. The quantitative estimate of drug-likeness (QED) is 0.746. The largest absolute Gasteiger partial charge is 0.480 e. The number of hydrogen-bond donors (Lipinski definition) is 1. The molecule has 0 heterocycles. The second kappa shape index (κ2) is 4.95. The van der Waals surface area contributed by atoms with Crippen molar-refractivity contribution >= 4 is 16.0 Å². The summed E-state index contributed by atoms with van der Waals surface area (Å²) in [4.78, 5) is 10.7. The maximum Gasteiger partial charge on any atom is 0.343 e. The van der Waals surface area contributed by atoms with Gasteiger partial charge < -0.3 is 9.47 Å². The van der Waals surface area contributed by atoms with Crippen LogP contribution in [-0.4, -0.2) is 28.1 Å². The molecule has 0 aromatic heterocycles. The molecular formula is C9H11NO5S. The van der Waals surface area contributed by atoms with Gasteiger partial charge in [-0.1, -0.05) is 12.1 Å². The van der Waals surface area contributed by atoms with E-state index in [9.17, 15) is 13.2 Å². The Morgan fingerprint density at radius 3 is 2.56 bits per heavy atom. The average Bonchev–Trinajstić information content (AvgIpc) is 2.25. The van der Waals surface area contributed by atoms with Gasteiger partial charge in [-0.25, -0.2) is 18.4 Å². The highest BCUT2D eigenvalue weighted by Crippen LogP contribution is 2.21. The van der Waals surface area contributed by atoms with Crippen LogP contribution in [0.3, 0.4) is 0 Å². The van der Waals surface area contributed by atoms with Gasteiger partial charge in [0.25, 0.3) is 0 Å². The minimum absolute atomic E-state index is 0.0235. The van der Waals surface area contributed by atoms with E-state index >= 15 is 0 Å². The Morgan fingerprint density at radius 1 is 1.38 bits per heavy atom. The number of methoxy groups -OCH3 is 1. The standard InChI is InChI=1S/C9H11NO5S/c1-14-9(11)6-15-7-4-2-3-5-8(7)16(10,12)13/h2-5H,6H2,1H3,(H2,10,12,13). The van der Waals surface area contributed by atoms with E-state index in [1.165, 1.54) is 25.3 Å². The number of hydrogen-bond acceptors (Lipinski definition) is 5. The summed E-state index contributed by atoms with van der Waals surface area (Å²) < 4.78 is 31.6. The van der Waals surface area contributed by atoms with Crippen molar-refractivity contribution in [1.29, 1.82) is 0 Å². The summed E-state index contributed by atoms with van der Waals surface area (Å²) in [6, 6.07) is 5.77. The number of carbonyl (C=O) groups excluding carboxylic acids is 1. The zero-order valence-corrected chi connectivity index (χ0v) is 9.36. The highest BCUT2D eigenvalue weighted by atomic mass is 32.2. The summed E-state index contributed by atoms with van der Waals surface area (Å²) in [5, 5.41) is 4.97. The number of nitrogens with two attached hydrogens (primary N) is 1. The molecule has 0 aliphatic rings. The van der Waals surface area contributed by atoms with Crippen LogP contribution in [-0.2, 0) is 19.6 Å². The normalized spacial score (nSPS) is 10.9. The van der Waals surface area contributed by atoms with Crippen molar-refractivity contribution in [2.75, 3.05) is 13.7 Å². The molecule has 0 aliphatic heterocycles. The topological polar surface area (TPSA) is 95.7 Å². The lowest BCUT2D eigenvalue weighted by Crippen LogP contribution is -2.17. The lowest BCUT2D eigenvalue weighted by atomic mass is 10.3. The third-order valence-electron chi connectivity index (χ3n) is 1.73. The molecule has 88 valence electrons. The molecule has 0 spiro atoms. The predicted molar refractivity (Wildman–Crippen MR) is 55.3 cm³/mol. The van der Waals surface area contributed by atoms with Crippen LogP contribution in [0, 0.1) is 0 Å². The Balaban J connectivity index is 2.93. The minimum Gasteiger partial charge on any atom is -0.480 e. The molecule has 6 nitrogen and oxygen atoms in total. The van der Waals surface area contributed by atoms with Gasteiger partial charge in [-0.3, -0.25) is 0 Å². The monoisotopic (exact) mass is 245 g/mol. The Morgan fingerprint density at radius 2 is 2.00 bits per heavy atom. The molecule has 0 saturated carbocycles. The summed E-state index contributed by atoms with van der Waals surface area (Å²) in [5.74, 6) is -0.584. The first-order chi connectivity index (χ1) is 7.45. The Kier molecular flexibility index (Phi) is 3.86. The van der Waals surface area contributed by atoms with Gasteiger partial charge in [0, 0.05) is 0 Å². The van der Waals surface area contributed by atoms with Gasteiger partial charge >= 0.3 is 5.97 Å². The fourth-order valence-corrected chi connectivity index (χ4v) is 1.68. The molecule has 1 rings (SSSR count). The molecule has 0 aliphatic carbocycles. The molecule has 1 aromatic carbocycles. The van der Waals surface area contributed by atoms with Crippen LogP contribution in [0.5, 0.6) is 5.75 Å². The number of benzene rings is 1. The zero-order chi connectivity index (χ0) is 12.2. The van der Waals surface area contributed by atoms with E-state index in [0.717, 1.165) is 0 Å². The van der Waals surface area contributed by atoms with E-state index in [0.29, 0.717) is 0 Å². The molecule has 0 fully saturated rings. The zero-order valence-electron chi connectivity index (χ0n) is 8.54. The van der Waals surface area contributed by atoms with Crippen molar-refractivity contribution in [1.82, 2.24) is 0 Å². The number of rotatable bonds is 4. The third kappa shape index (κ3) is 3.21. The van der Waals surface area contributed by atoms with Gasteiger partial charge in [0.05, 0.1) is 7.11 Å². The number of ether oxygens (including phenoxy) is 2. The molecule has 0 bridgehead atoms. The van der Waals surface area contributed by atoms with E-state index in [1.807, 2.05) is 0 Å².